The largest absolute Gasteiger partial charge is 0.417 e. The molecule has 1 saturated heterocycles. The standard InChI is InChI=1S/C19H29F3N4O4S/c1-11(2)8-14(23)18(28)25-15-6-4-12(3)26(10-16(15)27)31(29,30)17-7-5-13(9-24-17)19(20,21)22/h5,7,9,11-12,14-16,27H,4,6,8,10,23H2,1-3H3,(H,25,28)/t12-,14+,15+,16+/m1/s1. The van der Waals surface area contributed by atoms with Crippen LogP contribution in [0.3, 0.4) is 0 Å². The summed E-state index contributed by atoms with van der Waals surface area (Å²) in [6, 6.07) is -0.558. The molecule has 1 aromatic heterocycles. The second-order valence-corrected chi connectivity index (χ2v) is 10.1. The third kappa shape index (κ3) is 6.37. The van der Waals surface area contributed by atoms with Crippen LogP contribution in [0.25, 0.3) is 0 Å². The van der Waals surface area contributed by atoms with E-state index < -0.39 is 56.9 Å². The van der Waals surface area contributed by atoms with E-state index in [4.69, 9.17) is 5.73 Å². The van der Waals surface area contributed by atoms with Gasteiger partial charge in [-0.15, -0.1) is 0 Å². The number of aromatic nitrogens is 1. The zero-order valence-corrected chi connectivity index (χ0v) is 18.4. The van der Waals surface area contributed by atoms with Crippen LogP contribution in [0.5, 0.6) is 0 Å². The number of hydrogen-bond donors (Lipinski definition) is 3. The molecule has 0 bridgehead atoms. The van der Waals surface area contributed by atoms with E-state index in [1.54, 1.807) is 6.92 Å². The van der Waals surface area contributed by atoms with Gasteiger partial charge in [-0.05, 0) is 44.2 Å². The lowest BCUT2D eigenvalue weighted by Gasteiger charge is -2.28. The van der Waals surface area contributed by atoms with Gasteiger partial charge >= 0.3 is 6.18 Å². The second-order valence-electron chi connectivity index (χ2n) is 8.30. The summed E-state index contributed by atoms with van der Waals surface area (Å²) in [5, 5.41) is 12.7. The first-order valence-electron chi connectivity index (χ1n) is 10.0. The Balaban J connectivity index is 2.17. The zero-order chi connectivity index (χ0) is 23.6. The average Bonchev–Trinajstić information content (AvgIpc) is 2.80. The van der Waals surface area contributed by atoms with E-state index in [1.807, 2.05) is 13.8 Å². The highest BCUT2D eigenvalue weighted by molar-refractivity contribution is 7.89. The summed E-state index contributed by atoms with van der Waals surface area (Å²) < 4.78 is 65.2. The number of carbonyl (C=O) groups is 1. The molecule has 0 spiro atoms. The Kier molecular flexibility index (Phi) is 8.06. The van der Waals surface area contributed by atoms with Gasteiger partial charge in [-0.3, -0.25) is 4.79 Å². The first-order chi connectivity index (χ1) is 14.2. The van der Waals surface area contributed by atoms with Crippen molar-refractivity contribution in [2.75, 3.05) is 6.54 Å². The van der Waals surface area contributed by atoms with E-state index in [0.29, 0.717) is 31.5 Å². The predicted molar refractivity (Wildman–Crippen MR) is 107 cm³/mol. The number of nitrogens with two attached hydrogens (primary N) is 1. The van der Waals surface area contributed by atoms with Crippen molar-refractivity contribution in [3.63, 3.8) is 0 Å². The summed E-state index contributed by atoms with van der Waals surface area (Å²) in [5.41, 5.74) is 4.81. The topological polar surface area (TPSA) is 126 Å². The van der Waals surface area contributed by atoms with E-state index in [1.165, 1.54) is 0 Å². The SMILES string of the molecule is CC(C)C[C@H](N)C(=O)N[C@H]1CC[C@@H](C)N(S(=O)(=O)c2ccc(C(F)(F)F)cn2)C[C@@H]1O. The number of pyridine rings is 1. The number of nitrogens with one attached hydrogen (secondary N) is 1. The van der Waals surface area contributed by atoms with E-state index in [9.17, 15) is 31.5 Å². The number of β-amino-alcohol motifs (C(OH)–C–C–N with tert-alkyl or cyclic N) is 1. The fourth-order valence-electron chi connectivity index (χ4n) is 3.48. The van der Waals surface area contributed by atoms with Crippen LogP contribution >= 0.6 is 0 Å². The predicted octanol–water partition coefficient (Wildman–Crippen LogP) is 1.49. The molecule has 31 heavy (non-hydrogen) atoms. The van der Waals surface area contributed by atoms with Crippen molar-refractivity contribution >= 4 is 15.9 Å². The highest BCUT2D eigenvalue weighted by atomic mass is 32.2. The van der Waals surface area contributed by atoms with Gasteiger partial charge < -0.3 is 16.2 Å². The molecule has 0 radical (unpaired) electrons. The van der Waals surface area contributed by atoms with Gasteiger partial charge in [0.25, 0.3) is 10.0 Å². The van der Waals surface area contributed by atoms with Gasteiger partial charge in [0, 0.05) is 18.8 Å². The van der Waals surface area contributed by atoms with Crippen molar-refractivity contribution in [2.24, 2.45) is 11.7 Å². The lowest BCUT2D eigenvalue weighted by atomic mass is 10.0. The van der Waals surface area contributed by atoms with Crippen molar-refractivity contribution in [1.82, 2.24) is 14.6 Å². The lowest BCUT2D eigenvalue weighted by molar-refractivity contribution is -0.137. The highest BCUT2D eigenvalue weighted by Crippen LogP contribution is 2.30. The minimum Gasteiger partial charge on any atom is -0.390 e. The smallest absolute Gasteiger partial charge is 0.390 e. The summed E-state index contributed by atoms with van der Waals surface area (Å²) in [6.07, 6.45) is -4.29. The third-order valence-electron chi connectivity index (χ3n) is 5.24. The fraction of sp³-hybridized carbons (Fsp3) is 0.684. The molecule has 1 aliphatic rings. The molecule has 176 valence electrons. The Morgan fingerprint density at radius 3 is 2.52 bits per heavy atom. The molecule has 0 saturated carbocycles. The number of hydrogen-bond acceptors (Lipinski definition) is 6. The molecule has 1 aliphatic heterocycles. The molecule has 4 atom stereocenters. The molecule has 1 aromatic rings. The van der Waals surface area contributed by atoms with Crippen LogP contribution in [-0.2, 0) is 21.0 Å². The lowest BCUT2D eigenvalue weighted by Crippen LogP contribution is -2.52. The number of sulfonamides is 1. The molecule has 0 unspecified atom stereocenters. The van der Waals surface area contributed by atoms with Crippen LogP contribution in [0.15, 0.2) is 23.4 Å². The number of aliphatic hydroxyl groups is 1. The van der Waals surface area contributed by atoms with Gasteiger partial charge in [0.05, 0.1) is 23.8 Å². The molecular weight excluding hydrogens is 437 g/mol. The normalized spacial score (nSPS) is 24.6. The van der Waals surface area contributed by atoms with Crippen molar-refractivity contribution in [2.45, 2.75) is 75.5 Å². The van der Waals surface area contributed by atoms with Crippen LogP contribution in [0.4, 0.5) is 13.2 Å². The van der Waals surface area contributed by atoms with E-state index in [0.717, 1.165) is 10.4 Å². The Morgan fingerprint density at radius 1 is 1.35 bits per heavy atom. The second kappa shape index (κ2) is 9.80. The summed E-state index contributed by atoms with van der Waals surface area (Å²) in [7, 11) is -4.26. The molecule has 1 fully saturated rings. The number of halogens is 3. The maximum absolute atomic E-state index is 13.0. The Morgan fingerprint density at radius 2 is 2.00 bits per heavy atom. The van der Waals surface area contributed by atoms with Crippen LogP contribution in [0.1, 0.15) is 45.6 Å². The van der Waals surface area contributed by atoms with Gasteiger partial charge in [0.1, 0.15) is 0 Å². The molecule has 12 heteroatoms. The molecule has 2 rings (SSSR count). The Bertz CT molecular complexity index is 862. The zero-order valence-electron chi connectivity index (χ0n) is 17.6. The van der Waals surface area contributed by atoms with Gasteiger partial charge in [0.2, 0.25) is 5.91 Å². The van der Waals surface area contributed by atoms with Crippen LogP contribution < -0.4 is 11.1 Å². The molecule has 0 aliphatic carbocycles. The van der Waals surface area contributed by atoms with Gasteiger partial charge in [-0.25, -0.2) is 13.4 Å². The van der Waals surface area contributed by atoms with Crippen LogP contribution in [0, 0.1) is 5.92 Å². The van der Waals surface area contributed by atoms with E-state index in [-0.39, 0.29) is 12.5 Å². The van der Waals surface area contributed by atoms with Crippen molar-refractivity contribution in [1.29, 1.82) is 0 Å². The van der Waals surface area contributed by atoms with Crippen molar-refractivity contribution < 1.29 is 31.5 Å². The van der Waals surface area contributed by atoms with Gasteiger partial charge in [0.15, 0.2) is 5.03 Å². The van der Waals surface area contributed by atoms with Gasteiger partial charge in [-0.2, -0.15) is 17.5 Å². The highest BCUT2D eigenvalue weighted by Gasteiger charge is 2.38. The third-order valence-corrected chi connectivity index (χ3v) is 7.14. The van der Waals surface area contributed by atoms with Crippen molar-refractivity contribution in [3.8, 4) is 0 Å². The Labute approximate surface area is 180 Å². The summed E-state index contributed by atoms with van der Waals surface area (Å²) in [5.74, 6) is -0.220. The fourth-order valence-corrected chi connectivity index (χ4v) is 5.07. The summed E-state index contributed by atoms with van der Waals surface area (Å²) >= 11 is 0. The number of carbonyl (C=O) groups excluding carboxylic acids is 1. The number of amides is 1. The molecule has 4 N–H and O–H groups in total. The molecular formula is C19H29F3N4O4S. The molecule has 2 heterocycles. The summed E-state index contributed by atoms with van der Waals surface area (Å²) in [4.78, 5) is 15.8. The average molecular weight is 467 g/mol. The van der Waals surface area contributed by atoms with Gasteiger partial charge in [-0.1, -0.05) is 13.8 Å². The molecule has 1 amide bonds. The first-order valence-corrected chi connectivity index (χ1v) is 11.5. The maximum Gasteiger partial charge on any atom is 0.417 e. The Hall–Kier alpha value is -1.76. The summed E-state index contributed by atoms with van der Waals surface area (Å²) in [6.45, 7) is 5.14. The van der Waals surface area contributed by atoms with E-state index in [2.05, 4.69) is 10.3 Å². The van der Waals surface area contributed by atoms with Crippen LogP contribution in [0.2, 0.25) is 0 Å². The number of aliphatic hydroxyl groups excluding tert-OH is 1. The number of rotatable bonds is 6. The quantitative estimate of drug-likeness (QED) is 0.583. The molecule has 8 nitrogen and oxygen atoms in total. The van der Waals surface area contributed by atoms with Crippen LogP contribution in [-0.4, -0.2) is 59.5 Å². The minimum absolute atomic E-state index is 0.205. The maximum atomic E-state index is 13.0. The molecule has 0 aromatic carbocycles. The number of nitrogens with zero attached hydrogens (tertiary/aromatic N) is 2. The monoisotopic (exact) mass is 466 g/mol. The minimum atomic E-state index is -4.64. The first kappa shape index (κ1) is 25.5. The number of alkyl halides is 3. The van der Waals surface area contributed by atoms with Crippen molar-refractivity contribution in [3.05, 3.63) is 23.9 Å². The van der Waals surface area contributed by atoms with E-state index >= 15 is 0 Å².